The molecule has 0 fully saturated rings. The summed E-state index contributed by atoms with van der Waals surface area (Å²) in [5.74, 6) is -0.166. The number of amides is 3. The zero-order valence-corrected chi connectivity index (χ0v) is 15.1. The third-order valence-corrected chi connectivity index (χ3v) is 5.35. The Kier molecular flexibility index (Phi) is 7.18. The second-order valence-electron chi connectivity index (χ2n) is 5.50. The maximum absolute atomic E-state index is 12.3. The minimum absolute atomic E-state index is 0.151. The van der Waals surface area contributed by atoms with Crippen LogP contribution < -0.4 is 16.0 Å². The normalized spacial score (nSPS) is 11.4. The minimum Gasteiger partial charge on any atom is -0.355 e. The largest absolute Gasteiger partial charge is 0.355 e. The van der Waals surface area contributed by atoms with E-state index < -0.39 is 16.1 Å². The molecule has 134 valence electrons. The van der Waals surface area contributed by atoms with Gasteiger partial charge < -0.3 is 16.0 Å². The number of hydrogen-bond acceptors (Lipinski definition) is 4. The van der Waals surface area contributed by atoms with E-state index in [2.05, 4.69) is 16.0 Å². The lowest BCUT2D eigenvalue weighted by Crippen LogP contribution is -2.36. The summed E-state index contributed by atoms with van der Waals surface area (Å²) in [5.41, 5.74) is 0.471. The molecule has 0 aliphatic rings. The van der Waals surface area contributed by atoms with Crippen molar-refractivity contribution in [2.24, 2.45) is 0 Å². The fourth-order valence-electron chi connectivity index (χ4n) is 1.74. The molecule has 0 saturated heterocycles. The molecule has 0 unspecified atom stereocenters. The fourth-order valence-corrected chi connectivity index (χ4v) is 3.11. The highest BCUT2D eigenvalue weighted by atomic mass is 32.2. The Morgan fingerprint density at radius 1 is 1.08 bits per heavy atom. The quantitative estimate of drug-likeness (QED) is 0.633. The number of rotatable bonds is 7. The first kappa shape index (κ1) is 19.9. The van der Waals surface area contributed by atoms with Crippen LogP contribution in [0.3, 0.4) is 0 Å². The summed E-state index contributed by atoms with van der Waals surface area (Å²) in [6.45, 7) is 5.60. The predicted molar refractivity (Wildman–Crippen MR) is 92.2 cm³/mol. The first-order valence-electron chi connectivity index (χ1n) is 7.52. The molecule has 0 saturated carbocycles. The van der Waals surface area contributed by atoms with Gasteiger partial charge in [-0.3, -0.25) is 4.79 Å². The average Bonchev–Trinajstić information content (AvgIpc) is 2.51. The molecule has 0 spiro atoms. The Balaban J connectivity index is 2.62. The number of carbonyl (C=O) groups excluding carboxylic acids is 2. The van der Waals surface area contributed by atoms with E-state index in [0.717, 1.165) is 0 Å². The van der Waals surface area contributed by atoms with Crippen LogP contribution in [0.25, 0.3) is 0 Å². The molecular formula is C15H24N4O4S. The van der Waals surface area contributed by atoms with Crippen molar-refractivity contribution in [2.75, 3.05) is 25.5 Å². The van der Waals surface area contributed by atoms with Crippen molar-refractivity contribution in [3.63, 3.8) is 0 Å². The molecule has 0 aliphatic carbocycles. The summed E-state index contributed by atoms with van der Waals surface area (Å²) >= 11 is 0. The van der Waals surface area contributed by atoms with E-state index in [9.17, 15) is 18.0 Å². The summed E-state index contributed by atoms with van der Waals surface area (Å²) < 4.78 is 25.9. The molecule has 1 aromatic rings. The first-order chi connectivity index (χ1) is 11.1. The minimum atomic E-state index is -3.54. The molecule has 3 amide bonds. The zero-order valence-electron chi connectivity index (χ0n) is 14.3. The molecular weight excluding hydrogens is 332 g/mol. The van der Waals surface area contributed by atoms with Gasteiger partial charge in [-0.15, -0.1) is 0 Å². The van der Waals surface area contributed by atoms with Gasteiger partial charge in [-0.05, 0) is 38.1 Å². The predicted octanol–water partition coefficient (Wildman–Crippen LogP) is 0.973. The SMILES string of the molecule is CC(=O)NCCNC(=O)Nc1ccc(S(=O)(=O)N(C)C(C)C)cc1. The van der Waals surface area contributed by atoms with Crippen molar-refractivity contribution >= 4 is 27.6 Å². The Labute approximate surface area is 142 Å². The zero-order chi connectivity index (χ0) is 18.3. The van der Waals surface area contributed by atoms with Crippen molar-refractivity contribution in [1.29, 1.82) is 0 Å². The van der Waals surface area contributed by atoms with Gasteiger partial charge in [0.1, 0.15) is 0 Å². The van der Waals surface area contributed by atoms with Crippen LogP contribution in [0.4, 0.5) is 10.5 Å². The van der Waals surface area contributed by atoms with Crippen LogP contribution in [0.15, 0.2) is 29.2 Å². The van der Waals surface area contributed by atoms with E-state index in [1.54, 1.807) is 13.8 Å². The van der Waals surface area contributed by atoms with E-state index in [-0.39, 0.29) is 23.4 Å². The van der Waals surface area contributed by atoms with Gasteiger partial charge in [0.05, 0.1) is 4.90 Å². The molecule has 0 aromatic heterocycles. The molecule has 3 N–H and O–H groups in total. The standard InChI is InChI=1S/C15H24N4O4S/c1-11(2)19(4)24(22,23)14-7-5-13(6-8-14)18-15(21)17-10-9-16-12(3)20/h5-8,11H,9-10H2,1-4H3,(H,16,20)(H2,17,18,21). The third-order valence-electron chi connectivity index (χ3n) is 3.30. The van der Waals surface area contributed by atoms with Crippen molar-refractivity contribution < 1.29 is 18.0 Å². The molecule has 0 radical (unpaired) electrons. The van der Waals surface area contributed by atoms with Crippen LogP contribution in [0.1, 0.15) is 20.8 Å². The smallest absolute Gasteiger partial charge is 0.319 e. The highest BCUT2D eigenvalue weighted by Crippen LogP contribution is 2.18. The molecule has 1 aromatic carbocycles. The van der Waals surface area contributed by atoms with Crippen LogP contribution >= 0.6 is 0 Å². The average molecular weight is 356 g/mol. The summed E-state index contributed by atoms with van der Waals surface area (Å²) in [5, 5.41) is 7.72. The second-order valence-corrected chi connectivity index (χ2v) is 7.50. The van der Waals surface area contributed by atoms with E-state index in [4.69, 9.17) is 0 Å². The number of hydrogen-bond donors (Lipinski definition) is 3. The maximum Gasteiger partial charge on any atom is 0.319 e. The molecule has 0 bridgehead atoms. The molecule has 8 nitrogen and oxygen atoms in total. The number of nitrogens with zero attached hydrogens (tertiary/aromatic N) is 1. The molecule has 0 atom stereocenters. The monoisotopic (exact) mass is 356 g/mol. The Hall–Kier alpha value is -2.13. The number of carbonyl (C=O) groups is 2. The van der Waals surface area contributed by atoms with Gasteiger partial charge in [-0.1, -0.05) is 0 Å². The van der Waals surface area contributed by atoms with Crippen LogP contribution in [0.2, 0.25) is 0 Å². The molecule has 0 heterocycles. The lowest BCUT2D eigenvalue weighted by molar-refractivity contribution is -0.118. The third kappa shape index (κ3) is 5.82. The highest BCUT2D eigenvalue weighted by Gasteiger charge is 2.22. The Morgan fingerprint density at radius 2 is 1.62 bits per heavy atom. The number of benzene rings is 1. The van der Waals surface area contributed by atoms with Crippen molar-refractivity contribution in [3.8, 4) is 0 Å². The van der Waals surface area contributed by atoms with E-state index in [0.29, 0.717) is 12.2 Å². The van der Waals surface area contributed by atoms with Gasteiger partial charge in [0, 0.05) is 38.8 Å². The van der Waals surface area contributed by atoms with Gasteiger partial charge in [-0.2, -0.15) is 4.31 Å². The molecule has 1 rings (SSSR count). The summed E-state index contributed by atoms with van der Waals surface area (Å²) in [6.07, 6.45) is 0. The van der Waals surface area contributed by atoms with Gasteiger partial charge in [0.25, 0.3) is 0 Å². The van der Waals surface area contributed by atoms with Crippen molar-refractivity contribution in [3.05, 3.63) is 24.3 Å². The lowest BCUT2D eigenvalue weighted by atomic mass is 10.3. The van der Waals surface area contributed by atoms with Gasteiger partial charge in [0.15, 0.2) is 0 Å². The molecule has 24 heavy (non-hydrogen) atoms. The van der Waals surface area contributed by atoms with Crippen molar-refractivity contribution in [2.45, 2.75) is 31.7 Å². The second kappa shape index (κ2) is 8.65. The number of anilines is 1. The molecule has 9 heteroatoms. The first-order valence-corrected chi connectivity index (χ1v) is 8.96. The van der Waals surface area contributed by atoms with E-state index in [1.807, 2.05) is 0 Å². The highest BCUT2D eigenvalue weighted by molar-refractivity contribution is 7.89. The van der Waals surface area contributed by atoms with Gasteiger partial charge in [0.2, 0.25) is 15.9 Å². The fraction of sp³-hybridized carbons (Fsp3) is 0.467. The molecule has 0 aliphatic heterocycles. The lowest BCUT2D eigenvalue weighted by Gasteiger charge is -2.21. The van der Waals surface area contributed by atoms with Gasteiger partial charge >= 0.3 is 6.03 Å². The van der Waals surface area contributed by atoms with Crippen LogP contribution in [0, 0.1) is 0 Å². The Bertz CT molecular complexity index is 671. The van der Waals surface area contributed by atoms with E-state index >= 15 is 0 Å². The number of urea groups is 1. The van der Waals surface area contributed by atoms with Gasteiger partial charge in [-0.25, -0.2) is 13.2 Å². The van der Waals surface area contributed by atoms with E-state index in [1.165, 1.54) is 42.5 Å². The Morgan fingerprint density at radius 3 is 2.12 bits per heavy atom. The topological polar surface area (TPSA) is 108 Å². The van der Waals surface area contributed by atoms with Crippen LogP contribution in [0.5, 0.6) is 0 Å². The number of sulfonamides is 1. The summed E-state index contributed by atoms with van der Waals surface area (Å²) in [7, 11) is -2.02. The summed E-state index contributed by atoms with van der Waals surface area (Å²) in [4.78, 5) is 22.5. The number of nitrogens with one attached hydrogen (secondary N) is 3. The van der Waals surface area contributed by atoms with Crippen LogP contribution in [-0.2, 0) is 14.8 Å². The van der Waals surface area contributed by atoms with Crippen LogP contribution in [-0.4, -0.2) is 50.8 Å². The van der Waals surface area contributed by atoms with Crippen molar-refractivity contribution in [1.82, 2.24) is 14.9 Å². The summed E-state index contributed by atoms with van der Waals surface area (Å²) in [6, 6.07) is 5.35. The maximum atomic E-state index is 12.3.